The Morgan fingerprint density at radius 3 is 1.60 bits per heavy atom. The van der Waals surface area contributed by atoms with Crippen LogP contribution < -0.4 is 30.7 Å². The first-order valence-corrected chi connectivity index (χ1v) is 24.0. The molecule has 68 heavy (non-hydrogen) atoms. The smallest absolute Gasteiger partial charge is 0.414 e. The zero-order chi connectivity index (χ0) is 49.2. The summed E-state index contributed by atoms with van der Waals surface area (Å²) in [5.41, 5.74) is 3.43. The van der Waals surface area contributed by atoms with Crippen LogP contribution >= 0.6 is 57.5 Å². The predicted octanol–water partition coefficient (Wildman–Crippen LogP) is 8.01. The fourth-order valence-corrected chi connectivity index (χ4v) is 8.60. The number of halogens is 3. The number of aliphatic imine (C=N–C) groups is 1. The summed E-state index contributed by atoms with van der Waals surface area (Å²) in [6.07, 6.45) is 0.254. The van der Waals surface area contributed by atoms with Gasteiger partial charge in [0.05, 0.1) is 78.2 Å². The normalized spacial score (nSPS) is 16.0. The molecule has 4 amide bonds. The molecule has 2 aromatic heterocycles. The molecule has 3 aliphatic heterocycles. The Labute approximate surface area is 415 Å². The third-order valence-corrected chi connectivity index (χ3v) is 12.7. The SMILES string of the molecule is CCCNc1ccc(N2C[C@H](CNC(=O)c3ccc(Cl)s3)OC2=O)cc1.COC(=O)CCC(=O)Cl.COC(=O)CCC1=NCCN1c1ccc(N2C[C@H](CNC(=O)c3ccc(Cl)s3)OC2=O)cc1. The Kier molecular flexibility index (Phi) is 20.7. The highest BCUT2D eigenvalue weighted by Gasteiger charge is 2.34. The second-order valence-corrected chi connectivity index (χ2v) is 18.7. The summed E-state index contributed by atoms with van der Waals surface area (Å²) in [6.45, 7) is 5.61. The number of benzene rings is 2. The number of amidine groups is 1. The molecular weight excluding hydrogens is 985 g/mol. The number of carbonyl (C=O) groups is 7. The molecule has 3 aliphatic rings. The van der Waals surface area contributed by atoms with Crippen LogP contribution in [0.2, 0.25) is 8.67 Å². The highest BCUT2D eigenvalue weighted by Crippen LogP contribution is 2.28. The second-order valence-electron chi connectivity index (χ2n) is 14.8. The monoisotopic (exact) mass is 1030 g/mol. The largest absolute Gasteiger partial charge is 0.469 e. The van der Waals surface area contributed by atoms with Crippen LogP contribution in [0.15, 0.2) is 77.8 Å². The average Bonchev–Trinajstić information content (AvgIpc) is 4.21. The van der Waals surface area contributed by atoms with E-state index in [1.807, 2.05) is 48.5 Å². The van der Waals surface area contributed by atoms with Crippen LogP contribution in [-0.2, 0) is 33.3 Å². The van der Waals surface area contributed by atoms with Gasteiger partial charge in [-0.25, -0.2) is 9.59 Å². The minimum absolute atomic E-state index is 0.0498. The summed E-state index contributed by atoms with van der Waals surface area (Å²) in [5.74, 6) is -0.304. The van der Waals surface area contributed by atoms with Crippen molar-refractivity contribution in [2.75, 3.05) is 80.0 Å². The van der Waals surface area contributed by atoms with Crippen LogP contribution in [0, 0.1) is 0 Å². The minimum atomic E-state index is -0.514. The minimum Gasteiger partial charge on any atom is -0.469 e. The lowest BCUT2D eigenvalue weighted by atomic mass is 10.2. The van der Waals surface area contributed by atoms with Crippen molar-refractivity contribution in [2.45, 2.75) is 51.2 Å². The van der Waals surface area contributed by atoms with Crippen molar-refractivity contribution in [1.82, 2.24) is 10.6 Å². The highest BCUT2D eigenvalue weighted by atomic mass is 35.5. The molecule has 2 aromatic carbocycles. The second kappa shape index (κ2) is 26.6. The van der Waals surface area contributed by atoms with Gasteiger partial charge >= 0.3 is 24.1 Å². The molecule has 2 fully saturated rings. The van der Waals surface area contributed by atoms with Crippen LogP contribution in [0.4, 0.5) is 32.3 Å². The summed E-state index contributed by atoms with van der Waals surface area (Å²) >= 11 is 19.0. The van der Waals surface area contributed by atoms with E-state index in [0.29, 0.717) is 50.2 Å². The Balaban J connectivity index is 0.000000220. The summed E-state index contributed by atoms with van der Waals surface area (Å²) in [4.78, 5) is 91.2. The number of amides is 4. The number of nitrogens with zero attached hydrogens (tertiary/aromatic N) is 4. The van der Waals surface area contributed by atoms with Gasteiger partial charge in [0.1, 0.15) is 18.0 Å². The summed E-state index contributed by atoms with van der Waals surface area (Å²) in [6, 6.07) is 21.8. The van der Waals surface area contributed by atoms with Gasteiger partial charge in [0.25, 0.3) is 11.8 Å². The first-order chi connectivity index (χ1) is 32.7. The number of anilines is 4. The third kappa shape index (κ3) is 16.1. The summed E-state index contributed by atoms with van der Waals surface area (Å²) in [5, 5.41) is 8.33. The van der Waals surface area contributed by atoms with E-state index in [1.165, 1.54) is 36.9 Å². The zero-order valence-corrected chi connectivity index (χ0v) is 41.2. The fourth-order valence-electron chi connectivity index (χ4n) is 6.58. The molecule has 364 valence electrons. The number of cyclic esters (lactones) is 2. The Hall–Kier alpha value is -5.93. The molecule has 18 nitrogen and oxygen atoms in total. The molecule has 23 heteroatoms. The molecule has 7 rings (SSSR count). The Morgan fingerprint density at radius 2 is 1.16 bits per heavy atom. The van der Waals surface area contributed by atoms with Crippen LogP contribution in [0.3, 0.4) is 0 Å². The van der Waals surface area contributed by atoms with E-state index >= 15 is 0 Å². The van der Waals surface area contributed by atoms with E-state index in [2.05, 4.69) is 37.5 Å². The first-order valence-electron chi connectivity index (χ1n) is 21.3. The molecule has 4 aromatic rings. The number of methoxy groups -OCH3 is 2. The summed E-state index contributed by atoms with van der Waals surface area (Å²) < 4.78 is 20.8. The molecule has 0 unspecified atom stereocenters. The van der Waals surface area contributed by atoms with Gasteiger partial charge in [0, 0.05) is 48.7 Å². The maximum atomic E-state index is 12.4. The first kappa shape index (κ1) is 53.0. The topological polar surface area (TPSA) is 215 Å². The number of hydrogen-bond acceptors (Lipinski definition) is 16. The van der Waals surface area contributed by atoms with Crippen molar-refractivity contribution in [1.29, 1.82) is 0 Å². The highest BCUT2D eigenvalue weighted by molar-refractivity contribution is 7.18. The van der Waals surface area contributed by atoms with E-state index in [1.54, 1.807) is 34.1 Å². The fraction of sp³-hybridized carbons (Fsp3) is 0.378. The Bertz CT molecular complexity index is 2420. The summed E-state index contributed by atoms with van der Waals surface area (Å²) in [7, 11) is 2.64. The standard InChI is InChI=1S/C22H23ClN4O5S.C18H20ClN3O3S.C5H7ClO3/c1-31-20(28)9-8-19-24-10-11-26(19)14-2-4-15(5-3-14)27-13-16(32-22(27)30)12-25-21(29)17-6-7-18(23)33-17;1-2-9-20-12-3-5-13(6-4-12)22-11-14(25-18(22)24)10-21-17(23)15-7-8-16(19)26-15;1-9-5(8)3-2-4(6)7/h2-7,16H,8-13H2,1H3,(H,25,29);3-8,14,20H,2,9-11H2,1H3,(H,21,23);2-3H2,1H3/t16-;14-;/m00./s1. The molecule has 5 heterocycles. The van der Waals surface area contributed by atoms with E-state index in [9.17, 15) is 33.6 Å². The van der Waals surface area contributed by atoms with E-state index in [-0.39, 0.29) is 56.2 Å². The quantitative estimate of drug-likeness (QED) is 0.0490. The van der Waals surface area contributed by atoms with E-state index in [0.717, 1.165) is 42.4 Å². The molecule has 0 spiro atoms. The van der Waals surface area contributed by atoms with Gasteiger partial charge in [-0.15, -0.1) is 22.7 Å². The van der Waals surface area contributed by atoms with Crippen molar-refractivity contribution >= 4 is 127 Å². The molecule has 3 N–H and O–H groups in total. The average molecular weight is 1040 g/mol. The number of esters is 2. The lowest BCUT2D eigenvalue weighted by Gasteiger charge is -2.21. The molecule has 0 aliphatic carbocycles. The van der Waals surface area contributed by atoms with Crippen molar-refractivity contribution in [2.24, 2.45) is 4.99 Å². The van der Waals surface area contributed by atoms with Gasteiger partial charge in [-0.3, -0.25) is 38.8 Å². The molecule has 0 saturated carbocycles. The van der Waals surface area contributed by atoms with Crippen LogP contribution in [-0.4, -0.2) is 119 Å². The number of carbonyl (C=O) groups excluding carboxylic acids is 7. The number of ether oxygens (including phenoxy) is 4. The Morgan fingerprint density at radius 1 is 0.691 bits per heavy atom. The van der Waals surface area contributed by atoms with Gasteiger partial charge in [0.2, 0.25) is 5.24 Å². The molecular formula is C45H50Cl3N7O11S2. The van der Waals surface area contributed by atoms with Gasteiger partial charge in [-0.2, -0.15) is 0 Å². The van der Waals surface area contributed by atoms with Crippen molar-refractivity contribution in [3.8, 4) is 0 Å². The number of hydrogen-bond donors (Lipinski definition) is 3. The van der Waals surface area contributed by atoms with Crippen LogP contribution in [0.5, 0.6) is 0 Å². The van der Waals surface area contributed by atoms with Crippen LogP contribution in [0.25, 0.3) is 0 Å². The van der Waals surface area contributed by atoms with Crippen molar-refractivity contribution < 1.29 is 52.5 Å². The molecule has 2 saturated heterocycles. The van der Waals surface area contributed by atoms with Gasteiger partial charge < -0.3 is 39.8 Å². The maximum Gasteiger partial charge on any atom is 0.414 e. The van der Waals surface area contributed by atoms with Gasteiger partial charge in [-0.05, 0) is 90.8 Å². The van der Waals surface area contributed by atoms with E-state index in [4.69, 9.17) is 49.0 Å². The number of nitrogens with one attached hydrogen (secondary N) is 3. The molecule has 0 radical (unpaired) electrons. The van der Waals surface area contributed by atoms with Crippen molar-refractivity contribution in [3.05, 3.63) is 91.2 Å². The van der Waals surface area contributed by atoms with Crippen LogP contribution in [0.1, 0.15) is 58.4 Å². The van der Waals surface area contributed by atoms with Crippen molar-refractivity contribution in [3.63, 3.8) is 0 Å². The van der Waals surface area contributed by atoms with Gasteiger partial charge in [0.15, 0.2) is 0 Å². The third-order valence-electron chi connectivity index (χ3n) is 10.0. The predicted molar refractivity (Wildman–Crippen MR) is 263 cm³/mol. The number of rotatable bonds is 18. The lowest BCUT2D eigenvalue weighted by Crippen LogP contribution is -2.34. The lowest BCUT2D eigenvalue weighted by molar-refractivity contribution is -0.141. The van der Waals surface area contributed by atoms with E-state index < -0.39 is 29.5 Å². The molecule has 2 atom stereocenters. The molecule has 0 bridgehead atoms. The maximum absolute atomic E-state index is 12.4. The zero-order valence-electron chi connectivity index (χ0n) is 37.3. The van der Waals surface area contributed by atoms with Gasteiger partial charge in [-0.1, -0.05) is 30.1 Å². The number of thiophene rings is 2.